The monoisotopic (exact) mass is 342 g/mol. The molecular weight excluding hydrogens is 320 g/mol. The summed E-state index contributed by atoms with van der Waals surface area (Å²) in [6.45, 7) is 5.35. The van der Waals surface area contributed by atoms with Crippen molar-refractivity contribution in [2.45, 2.75) is 13.0 Å². The van der Waals surface area contributed by atoms with Crippen molar-refractivity contribution in [2.24, 2.45) is 0 Å². The molecule has 2 aromatic rings. The molecule has 24 heavy (non-hydrogen) atoms. The van der Waals surface area contributed by atoms with Gasteiger partial charge in [-0.15, -0.1) is 11.8 Å². The molecule has 6 heteroatoms. The molecule has 2 aliphatic rings. The SMILES string of the molecule is Cc1cc2ccccc2nc1N1CCN(C(=O)C2CSCN2)CC1. The standard InChI is InChI=1S/C18H22N4OS/c1-13-10-14-4-2-3-5-15(14)20-17(13)21-6-8-22(9-7-21)18(23)16-11-24-12-19-16/h2-5,10,16,19H,6-9,11-12H2,1H3. The normalized spacial score (nSPS) is 21.5. The molecule has 0 bridgehead atoms. The highest BCUT2D eigenvalue weighted by Gasteiger charge is 2.30. The number of thioether (sulfide) groups is 1. The number of benzene rings is 1. The molecule has 5 nitrogen and oxygen atoms in total. The molecule has 4 rings (SSSR count). The van der Waals surface area contributed by atoms with Crippen molar-refractivity contribution in [3.63, 3.8) is 0 Å². The lowest BCUT2D eigenvalue weighted by molar-refractivity contribution is -0.132. The number of fused-ring (bicyclic) bond motifs is 1. The predicted octanol–water partition coefficient (Wildman–Crippen LogP) is 1.85. The molecule has 2 aliphatic heterocycles. The van der Waals surface area contributed by atoms with E-state index in [0.29, 0.717) is 0 Å². The van der Waals surface area contributed by atoms with Crippen LogP contribution in [0, 0.1) is 6.92 Å². The van der Waals surface area contributed by atoms with E-state index >= 15 is 0 Å². The van der Waals surface area contributed by atoms with Crippen LogP contribution in [-0.4, -0.2) is 59.6 Å². The van der Waals surface area contributed by atoms with Crippen molar-refractivity contribution in [1.82, 2.24) is 15.2 Å². The highest BCUT2D eigenvalue weighted by atomic mass is 32.2. The van der Waals surface area contributed by atoms with Crippen LogP contribution in [0.1, 0.15) is 5.56 Å². The van der Waals surface area contributed by atoms with Crippen molar-refractivity contribution >= 4 is 34.4 Å². The second-order valence-electron chi connectivity index (χ2n) is 6.41. The number of aromatic nitrogens is 1. The van der Waals surface area contributed by atoms with Gasteiger partial charge in [0.2, 0.25) is 5.91 Å². The smallest absolute Gasteiger partial charge is 0.240 e. The predicted molar refractivity (Wildman–Crippen MR) is 99.5 cm³/mol. The van der Waals surface area contributed by atoms with Gasteiger partial charge in [-0.25, -0.2) is 4.98 Å². The molecule has 0 saturated carbocycles. The Bertz CT molecular complexity index is 752. The fourth-order valence-electron chi connectivity index (χ4n) is 3.44. The van der Waals surface area contributed by atoms with E-state index in [-0.39, 0.29) is 11.9 Å². The van der Waals surface area contributed by atoms with E-state index in [2.05, 4.69) is 35.3 Å². The van der Waals surface area contributed by atoms with Gasteiger partial charge in [0.1, 0.15) is 5.82 Å². The molecule has 1 atom stereocenters. The van der Waals surface area contributed by atoms with Gasteiger partial charge >= 0.3 is 0 Å². The zero-order chi connectivity index (χ0) is 16.5. The quantitative estimate of drug-likeness (QED) is 0.903. The van der Waals surface area contributed by atoms with Crippen LogP contribution in [0.5, 0.6) is 0 Å². The topological polar surface area (TPSA) is 48.5 Å². The Morgan fingerprint density at radius 3 is 2.79 bits per heavy atom. The first-order valence-corrected chi connectivity index (χ1v) is 9.59. The van der Waals surface area contributed by atoms with Crippen molar-refractivity contribution in [3.8, 4) is 0 Å². The molecular formula is C18H22N4OS. The zero-order valence-electron chi connectivity index (χ0n) is 13.9. The van der Waals surface area contributed by atoms with Crippen molar-refractivity contribution < 1.29 is 4.79 Å². The second-order valence-corrected chi connectivity index (χ2v) is 7.44. The number of anilines is 1. The molecule has 2 fully saturated rings. The minimum atomic E-state index is 0.00193. The molecule has 1 N–H and O–H groups in total. The fourth-order valence-corrected chi connectivity index (χ4v) is 4.38. The Morgan fingerprint density at radius 2 is 2.04 bits per heavy atom. The van der Waals surface area contributed by atoms with Gasteiger partial charge in [-0.05, 0) is 24.6 Å². The third kappa shape index (κ3) is 2.96. The summed E-state index contributed by atoms with van der Waals surface area (Å²) in [4.78, 5) is 21.7. The summed E-state index contributed by atoms with van der Waals surface area (Å²) in [7, 11) is 0. The first kappa shape index (κ1) is 15.7. The minimum absolute atomic E-state index is 0.00193. The van der Waals surface area contributed by atoms with Crippen LogP contribution >= 0.6 is 11.8 Å². The summed E-state index contributed by atoms with van der Waals surface area (Å²) in [6.07, 6.45) is 0. The largest absolute Gasteiger partial charge is 0.353 e. The van der Waals surface area contributed by atoms with Crippen LogP contribution in [0.3, 0.4) is 0 Å². The molecule has 1 aromatic carbocycles. The molecule has 1 aromatic heterocycles. The lowest BCUT2D eigenvalue weighted by atomic mass is 10.1. The third-order valence-corrected chi connectivity index (χ3v) is 5.73. The van der Waals surface area contributed by atoms with Crippen LogP contribution in [0.25, 0.3) is 10.9 Å². The van der Waals surface area contributed by atoms with E-state index in [0.717, 1.165) is 49.1 Å². The summed E-state index contributed by atoms with van der Waals surface area (Å²) in [5.74, 6) is 3.08. The lowest BCUT2D eigenvalue weighted by Gasteiger charge is -2.37. The number of piperazine rings is 1. The van der Waals surface area contributed by atoms with Gasteiger partial charge in [-0.1, -0.05) is 18.2 Å². The number of rotatable bonds is 2. The molecule has 1 unspecified atom stereocenters. The third-order valence-electron chi connectivity index (χ3n) is 4.79. The summed E-state index contributed by atoms with van der Waals surface area (Å²) < 4.78 is 0. The average molecular weight is 342 g/mol. The second kappa shape index (κ2) is 6.61. The first-order valence-electron chi connectivity index (χ1n) is 8.43. The summed E-state index contributed by atoms with van der Waals surface area (Å²) in [5.41, 5.74) is 2.23. The van der Waals surface area contributed by atoms with Crippen LogP contribution in [0.4, 0.5) is 5.82 Å². The van der Waals surface area contributed by atoms with Crippen LogP contribution in [0.15, 0.2) is 30.3 Å². The van der Waals surface area contributed by atoms with E-state index in [1.807, 2.05) is 17.0 Å². The maximum absolute atomic E-state index is 12.5. The lowest BCUT2D eigenvalue weighted by Crippen LogP contribution is -2.53. The zero-order valence-corrected chi connectivity index (χ0v) is 14.7. The van der Waals surface area contributed by atoms with E-state index in [9.17, 15) is 4.79 Å². The number of nitrogens with zero attached hydrogens (tertiary/aromatic N) is 3. The van der Waals surface area contributed by atoms with Crippen LogP contribution < -0.4 is 10.2 Å². The van der Waals surface area contributed by atoms with Crippen molar-refractivity contribution in [1.29, 1.82) is 0 Å². The summed E-state index contributed by atoms with van der Waals surface area (Å²) in [5, 5.41) is 4.45. The number of amides is 1. The number of carbonyl (C=O) groups excluding carboxylic acids is 1. The first-order chi connectivity index (χ1) is 11.7. The number of hydrogen-bond donors (Lipinski definition) is 1. The maximum Gasteiger partial charge on any atom is 0.240 e. The fraction of sp³-hybridized carbons (Fsp3) is 0.444. The number of nitrogens with one attached hydrogen (secondary N) is 1. The number of carbonyl (C=O) groups is 1. The number of aryl methyl sites for hydroxylation is 1. The molecule has 0 spiro atoms. The molecule has 0 aliphatic carbocycles. The molecule has 3 heterocycles. The number of pyridine rings is 1. The van der Waals surface area contributed by atoms with Crippen LogP contribution in [0.2, 0.25) is 0 Å². The van der Waals surface area contributed by atoms with Gasteiger partial charge in [-0.2, -0.15) is 0 Å². The van der Waals surface area contributed by atoms with Crippen LogP contribution in [-0.2, 0) is 4.79 Å². The van der Waals surface area contributed by atoms with E-state index in [1.165, 1.54) is 10.9 Å². The Morgan fingerprint density at radius 1 is 1.25 bits per heavy atom. The van der Waals surface area contributed by atoms with Gasteiger partial charge < -0.3 is 9.80 Å². The highest BCUT2D eigenvalue weighted by molar-refractivity contribution is 7.99. The van der Waals surface area contributed by atoms with Gasteiger partial charge in [0, 0.05) is 43.2 Å². The van der Waals surface area contributed by atoms with E-state index in [1.54, 1.807) is 11.8 Å². The number of para-hydroxylation sites is 1. The molecule has 2 saturated heterocycles. The molecule has 126 valence electrons. The maximum atomic E-state index is 12.5. The van der Waals surface area contributed by atoms with E-state index in [4.69, 9.17) is 4.98 Å². The Hall–Kier alpha value is -1.79. The average Bonchev–Trinajstić information content (AvgIpc) is 3.15. The Kier molecular flexibility index (Phi) is 4.33. The van der Waals surface area contributed by atoms with Gasteiger partial charge in [0.15, 0.2) is 0 Å². The van der Waals surface area contributed by atoms with Gasteiger partial charge in [0.25, 0.3) is 0 Å². The Labute approximate surface area is 146 Å². The number of hydrogen-bond acceptors (Lipinski definition) is 5. The van der Waals surface area contributed by atoms with E-state index < -0.39 is 0 Å². The van der Waals surface area contributed by atoms with Crippen molar-refractivity contribution in [3.05, 3.63) is 35.9 Å². The van der Waals surface area contributed by atoms with Gasteiger partial charge in [0.05, 0.1) is 11.6 Å². The summed E-state index contributed by atoms with van der Waals surface area (Å²) in [6, 6.07) is 10.4. The van der Waals surface area contributed by atoms with Gasteiger partial charge in [-0.3, -0.25) is 10.1 Å². The highest BCUT2D eigenvalue weighted by Crippen LogP contribution is 2.24. The molecule has 0 radical (unpaired) electrons. The molecule has 1 amide bonds. The van der Waals surface area contributed by atoms with Crippen molar-refractivity contribution in [2.75, 3.05) is 42.7 Å². The minimum Gasteiger partial charge on any atom is -0.353 e. The Balaban J connectivity index is 1.47. The summed E-state index contributed by atoms with van der Waals surface area (Å²) >= 11 is 1.80.